The molecule has 0 saturated heterocycles. The fraction of sp³-hybridized carbons (Fsp3) is 0.583. The van der Waals surface area contributed by atoms with Crippen LogP contribution in [0.5, 0.6) is 5.88 Å². The van der Waals surface area contributed by atoms with Crippen molar-refractivity contribution in [2.45, 2.75) is 18.9 Å². The lowest BCUT2D eigenvalue weighted by Crippen LogP contribution is -2.38. The highest BCUT2D eigenvalue weighted by Crippen LogP contribution is 2.29. The van der Waals surface area contributed by atoms with Crippen molar-refractivity contribution >= 4 is 5.97 Å². The minimum atomic E-state index is -0.494. The summed E-state index contributed by atoms with van der Waals surface area (Å²) in [4.78, 5) is 11.2. The molecule has 0 spiro atoms. The Morgan fingerprint density at radius 1 is 1.44 bits per heavy atom. The first-order chi connectivity index (χ1) is 8.72. The van der Waals surface area contributed by atoms with Gasteiger partial charge in [-0.1, -0.05) is 0 Å². The fourth-order valence-electron chi connectivity index (χ4n) is 1.99. The van der Waals surface area contributed by atoms with E-state index in [-0.39, 0.29) is 11.8 Å². The maximum absolute atomic E-state index is 11.2. The van der Waals surface area contributed by atoms with Gasteiger partial charge in [0.15, 0.2) is 5.69 Å². The first kappa shape index (κ1) is 12.8. The van der Waals surface area contributed by atoms with E-state index < -0.39 is 5.97 Å². The van der Waals surface area contributed by atoms with Crippen molar-refractivity contribution in [2.24, 2.45) is 5.92 Å². The number of hydrogen-bond donors (Lipinski definition) is 1. The van der Waals surface area contributed by atoms with Crippen molar-refractivity contribution in [1.29, 1.82) is 0 Å². The second-order valence-corrected chi connectivity index (χ2v) is 4.38. The molecule has 1 aliphatic rings. The molecule has 1 fully saturated rings. The second-order valence-electron chi connectivity index (χ2n) is 4.38. The summed E-state index contributed by atoms with van der Waals surface area (Å²) >= 11 is 0. The standard InChI is InChI=1S/C12H17N3O3/c1-13-7-8-5-9(6-8)18-11-4-3-10(14-15-11)12(16)17-2/h3-4,8-9,13H,5-7H2,1-2H3. The average molecular weight is 251 g/mol. The quantitative estimate of drug-likeness (QED) is 0.774. The van der Waals surface area contributed by atoms with Crippen LogP contribution in [0, 0.1) is 5.92 Å². The maximum Gasteiger partial charge on any atom is 0.358 e. The van der Waals surface area contributed by atoms with Gasteiger partial charge in [0.2, 0.25) is 5.88 Å². The van der Waals surface area contributed by atoms with E-state index in [4.69, 9.17) is 4.74 Å². The van der Waals surface area contributed by atoms with Crippen LogP contribution in [0.2, 0.25) is 0 Å². The molecule has 0 radical (unpaired) electrons. The number of esters is 1. The Morgan fingerprint density at radius 3 is 2.78 bits per heavy atom. The van der Waals surface area contributed by atoms with E-state index in [0.29, 0.717) is 11.8 Å². The zero-order valence-corrected chi connectivity index (χ0v) is 10.5. The Balaban J connectivity index is 1.83. The van der Waals surface area contributed by atoms with Gasteiger partial charge in [-0.25, -0.2) is 4.79 Å². The van der Waals surface area contributed by atoms with Crippen LogP contribution in [0.15, 0.2) is 12.1 Å². The number of methoxy groups -OCH3 is 1. The summed E-state index contributed by atoms with van der Waals surface area (Å²) in [5.41, 5.74) is 0.187. The van der Waals surface area contributed by atoms with E-state index in [1.54, 1.807) is 12.1 Å². The molecule has 0 unspecified atom stereocenters. The summed E-state index contributed by atoms with van der Waals surface area (Å²) in [6.07, 6.45) is 2.27. The molecule has 0 bridgehead atoms. The second kappa shape index (κ2) is 5.77. The lowest BCUT2D eigenvalue weighted by Gasteiger charge is -2.34. The average Bonchev–Trinajstić information content (AvgIpc) is 2.36. The van der Waals surface area contributed by atoms with Gasteiger partial charge in [0.05, 0.1) is 7.11 Å². The van der Waals surface area contributed by atoms with E-state index in [9.17, 15) is 4.79 Å². The third-order valence-electron chi connectivity index (χ3n) is 3.01. The fourth-order valence-corrected chi connectivity index (χ4v) is 1.99. The molecule has 1 aromatic rings. The summed E-state index contributed by atoms with van der Waals surface area (Å²) in [5, 5.41) is 10.8. The molecule has 6 heteroatoms. The highest BCUT2D eigenvalue weighted by atomic mass is 16.5. The summed E-state index contributed by atoms with van der Waals surface area (Å²) < 4.78 is 10.2. The van der Waals surface area contributed by atoms with Crippen molar-refractivity contribution in [2.75, 3.05) is 20.7 Å². The van der Waals surface area contributed by atoms with E-state index in [2.05, 4.69) is 20.3 Å². The smallest absolute Gasteiger partial charge is 0.358 e. The summed E-state index contributed by atoms with van der Waals surface area (Å²) in [6, 6.07) is 3.20. The van der Waals surface area contributed by atoms with Crippen LogP contribution in [0.4, 0.5) is 0 Å². The molecule has 2 rings (SSSR count). The van der Waals surface area contributed by atoms with Gasteiger partial charge in [-0.2, -0.15) is 0 Å². The van der Waals surface area contributed by atoms with E-state index in [1.165, 1.54) is 7.11 Å². The van der Waals surface area contributed by atoms with E-state index in [0.717, 1.165) is 19.4 Å². The van der Waals surface area contributed by atoms with Crippen molar-refractivity contribution < 1.29 is 14.3 Å². The minimum absolute atomic E-state index is 0.187. The number of carbonyl (C=O) groups excluding carboxylic acids is 1. The Kier molecular flexibility index (Phi) is 4.09. The van der Waals surface area contributed by atoms with Gasteiger partial charge >= 0.3 is 5.97 Å². The third-order valence-corrected chi connectivity index (χ3v) is 3.01. The Labute approximate surface area is 106 Å². The van der Waals surface area contributed by atoms with Crippen LogP contribution in [0.25, 0.3) is 0 Å². The number of rotatable bonds is 5. The van der Waals surface area contributed by atoms with Crippen LogP contribution in [-0.2, 0) is 4.74 Å². The number of nitrogens with one attached hydrogen (secondary N) is 1. The molecular formula is C12H17N3O3. The molecule has 6 nitrogen and oxygen atoms in total. The largest absolute Gasteiger partial charge is 0.473 e. The van der Waals surface area contributed by atoms with Crippen LogP contribution < -0.4 is 10.1 Å². The molecule has 18 heavy (non-hydrogen) atoms. The first-order valence-electron chi connectivity index (χ1n) is 5.96. The lowest BCUT2D eigenvalue weighted by atomic mass is 9.82. The van der Waals surface area contributed by atoms with Crippen LogP contribution >= 0.6 is 0 Å². The molecule has 0 aromatic carbocycles. The predicted octanol–water partition coefficient (Wildman–Crippen LogP) is 0.640. The number of ether oxygens (including phenoxy) is 2. The lowest BCUT2D eigenvalue weighted by molar-refractivity contribution is 0.0578. The van der Waals surface area contributed by atoms with Gasteiger partial charge in [-0.3, -0.25) is 0 Å². The van der Waals surface area contributed by atoms with E-state index >= 15 is 0 Å². The number of nitrogens with zero attached hydrogens (tertiary/aromatic N) is 2. The number of aromatic nitrogens is 2. The minimum Gasteiger partial charge on any atom is -0.473 e. The summed E-state index contributed by atoms with van der Waals surface area (Å²) in [6.45, 7) is 1.02. The Bertz CT molecular complexity index is 402. The topological polar surface area (TPSA) is 73.3 Å². The molecule has 1 aliphatic carbocycles. The van der Waals surface area contributed by atoms with Crippen molar-refractivity contribution in [3.63, 3.8) is 0 Å². The molecule has 98 valence electrons. The van der Waals surface area contributed by atoms with Gasteiger partial charge in [0, 0.05) is 6.07 Å². The Hall–Kier alpha value is -1.69. The third kappa shape index (κ3) is 2.95. The molecule has 0 atom stereocenters. The van der Waals surface area contributed by atoms with Crippen molar-refractivity contribution in [3.05, 3.63) is 17.8 Å². The summed E-state index contributed by atoms with van der Waals surface area (Å²) in [7, 11) is 3.26. The first-order valence-corrected chi connectivity index (χ1v) is 5.96. The maximum atomic E-state index is 11.2. The van der Waals surface area contributed by atoms with Crippen LogP contribution in [0.3, 0.4) is 0 Å². The SMILES string of the molecule is CNCC1CC(Oc2ccc(C(=O)OC)nn2)C1. The molecule has 1 saturated carbocycles. The number of carbonyl (C=O) groups is 1. The Morgan fingerprint density at radius 2 is 2.22 bits per heavy atom. The highest BCUT2D eigenvalue weighted by Gasteiger charge is 2.30. The normalized spacial score (nSPS) is 22.1. The zero-order chi connectivity index (χ0) is 13.0. The van der Waals surface area contributed by atoms with Crippen molar-refractivity contribution in [1.82, 2.24) is 15.5 Å². The van der Waals surface area contributed by atoms with Gasteiger partial charge in [0.25, 0.3) is 0 Å². The predicted molar refractivity (Wildman–Crippen MR) is 64.4 cm³/mol. The number of hydrogen-bond acceptors (Lipinski definition) is 6. The van der Waals surface area contributed by atoms with Gasteiger partial charge < -0.3 is 14.8 Å². The van der Waals surface area contributed by atoms with Gasteiger partial charge in [0.1, 0.15) is 6.10 Å². The van der Waals surface area contributed by atoms with Crippen LogP contribution in [-0.4, -0.2) is 43.0 Å². The molecule has 0 aliphatic heterocycles. The van der Waals surface area contributed by atoms with Gasteiger partial charge in [-0.15, -0.1) is 10.2 Å². The molecular weight excluding hydrogens is 234 g/mol. The molecule has 0 amide bonds. The van der Waals surface area contributed by atoms with E-state index in [1.807, 2.05) is 7.05 Å². The molecule has 1 N–H and O–H groups in total. The molecule has 1 aromatic heterocycles. The molecule has 1 heterocycles. The monoisotopic (exact) mass is 251 g/mol. The highest BCUT2D eigenvalue weighted by molar-refractivity contribution is 5.86. The van der Waals surface area contributed by atoms with Gasteiger partial charge in [-0.05, 0) is 38.4 Å². The zero-order valence-electron chi connectivity index (χ0n) is 10.5. The summed E-state index contributed by atoms with van der Waals surface area (Å²) in [5.74, 6) is 0.643. The van der Waals surface area contributed by atoms with Crippen LogP contribution in [0.1, 0.15) is 23.3 Å². The van der Waals surface area contributed by atoms with Crippen molar-refractivity contribution in [3.8, 4) is 5.88 Å².